The highest BCUT2D eigenvalue weighted by atomic mass is 35.5. The fourth-order valence-corrected chi connectivity index (χ4v) is 1.91. The first-order valence-electron chi connectivity index (χ1n) is 5.04. The minimum atomic E-state index is 0.767. The maximum absolute atomic E-state index is 6.06. The van der Waals surface area contributed by atoms with Crippen LogP contribution >= 0.6 is 11.6 Å². The quantitative estimate of drug-likeness (QED) is 0.618. The molecule has 0 unspecified atom stereocenters. The van der Waals surface area contributed by atoms with Gasteiger partial charge in [-0.1, -0.05) is 37.6 Å². The van der Waals surface area contributed by atoms with Gasteiger partial charge in [-0.25, -0.2) is 0 Å². The van der Waals surface area contributed by atoms with E-state index >= 15 is 0 Å². The van der Waals surface area contributed by atoms with E-state index in [0.29, 0.717) is 0 Å². The molecule has 1 fully saturated rings. The van der Waals surface area contributed by atoms with E-state index in [9.17, 15) is 0 Å². The van der Waals surface area contributed by atoms with Crippen molar-refractivity contribution in [2.24, 2.45) is 0 Å². The number of hydrogen-bond donors (Lipinski definition) is 0. The van der Waals surface area contributed by atoms with Crippen LogP contribution in [0, 0.1) is 6.92 Å². The van der Waals surface area contributed by atoms with Crippen LogP contribution in [0.3, 0.4) is 0 Å². The van der Waals surface area contributed by atoms with Crippen LogP contribution in [0.5, 0.6) is 0 Å². The predicted octanol–water partition coefficient (Wildman–Crippen LogP) is 4.55. The lowest BCUT2D eigenvalue weighted by Gasteiger charge is -2.04. The summed E-state index contributed by atoms with van der Waals surface area (Å²) in [7, 11) is 0. The molecule has 1 aliphatic rings. The molecule has 0 saturated heterocycles. The third-order valence-electron chi connectivity index (χ3n) is 2.26. The van der Waals surface area contributed by atoms with Crippen molar-refractivity contribution in [1.82, 2.24) is 0 Å². The predicted molar refractivity (Wildman–Crippen MR) is 59.5 cm³/mol. The number of rotatable bonds is 1. The Labute approximate surface area is 85.9 Å². The van der Waals surface area contributed by atoms with E-state index in [0.717, 1.165) is 10.9 Å². The summed E-state index contributed by atoms with van der Waals surface area (Å²) >= 11 is 6.06. The van der Waals surface area contributed by atoms with E-state index < -0.39 is 0 Å². The van der Waals surface area contributed by atoms with Crippen LogP contribution in [-0.4, -0.2) is 0 Å². The maximum atomic E-state index is 6.06. The molecule has 1 aromatic rings. The van der Waals surface area contributed by atoms with Crippen molar-refractivity contribution in [1.29, 1.82) is 0 Å². The van der Waals surface area contributed by atoms with Crippen LogP contribution in [0.25, 0.3) is 0 Å². The third-order valence-corrected chi connectivity index (χ3v) is 2.59. The summed E-state index contributed by atoms with van der Waals surface area (Å²) in [4.78, 5) is 0. The lowest BCUT2D eigenvalue weighted by atomic mass is 10.1. The van der Waals surface area contributed by atoms with Crippen molar-refractivity contribution in [3.05, 3.63) is 34.3 Å². The first kappa shape index (κ1) is 10.6. The zero-order valence-electron chi connectivity index (χ0n) is 8.60. The summed E-state index contributed by atoms with van der Waals surface area (Å²) in [5.74, 6) is 0.767. The Kier molecular flexibility index (Phi) is 3.80. The molecule has 1 aromatic carbocycles. The van der Waals surface area contributed by atoms with E-state index in [1.165, 1.54) is 24.0 Å². The fourth-order valence-electron chi connectivity index (χ4n) is 1.53. The van der Waals surface area contributed by atoms with Crippen molar-refractivity contribution < 1.29 is 0 Å². The molecule has 0 radical (unpaired) electrons. The number of aryl methyl sites for hydroxylation is 1. The van der Waals surface area contributed by atoms with Gasteiger partial charge in [0.15, 0.2) is 0 Å². The van der Waals surface area contributed by atoms with Crippen LogP contribution in [0.1, 0.15) is 43.7 Å². The van der Waals surface area contributed by atoms with Gasteiger partial charge in [0.2, 0.25) is 0 Å². The van der Waals surface area contributed by atoms with Crippen LogP contribution in [0.4, 0.5) is 0 Å². The molecule has 0 heterocycles. The van der Waals surface area contributed by atoms with Crippen molar-refractivity contribution in [2.75, 3.05) is 0 Å². The monoisotopic (exact) mass is 196 g/mol. The number of hydrogen-bond acceptors (Lipinski definition) is 0. The molecule has 1 aliphatic carbocycles. The van der Waals surface area contributed by atoms with Crippen molar-refractivity contribution >= 4 is 11.6 Å². The van der Waals surface area contributed by atoms with Gasteiger partial charge < -0.3 is 0 Å². The topological polar surface area (TPSA) is 0 Å². The van der Waals surface area contributed by atoms with Crippen LogP contribution < -0.4 is 0 Å². The van der Waals surface area contributed by atoms with Crippen LogP contribution in [0.2, 0.25) is 5.02 Å². The molecule has 0 aromatic heterocycles. The SMILES string of the molecule is CC.Cc1cccc(Cl)c1C1CC1. The van der Waals surface area contributed by atoms with Gasteiger partial charge in [0.25, 0.3) is 0 Å². The Morgan fingerprint density at radius 3 is 2.31 bits per heavy atom. The normalized spacial score (nSPS) is 14.8. The molecule has 0 atom stereocenters. The lowest BCUT2D eigenvalue weighted by molar-refractivity contribution is 1.10. The largest absolute Gasteiger partial charge is 0.0840 e. The molecule has 72 valence electrons. The number of benzene rings is 1. The molecule has 0 spiro atoms. The molecule has 13 heavy (non-hydrogen) atoms. The highest BCUT2D eigenvalue weighted by Crippen LogP contribution is 2.44. The molecule has 1 heteroatoms. The zero-order valence-corrected chi connectivity index (χ0v) is 9.36. The summed E-state index contributed by atoms with van der Waals surface area (Å²) in [5, 5.41) is 0.951. The average molecular weight is 197 g/mol. The second-order valence-corrected chi connectivity index (χ2v) is 3.65. The Hall–Kier alpha value is -0.490. The Bertz CT molecular complexity index is 254. The minimum absolute atomic E-state index is 0.767. The van der Waals surface area contributed by atoms with Gasteiger partial charge in [-0.3, -0.25) is 0 Å². The highest BCUT2D eigenvalue weighted by molar-refractivity contribution is 6.31. The van der Waals surface area contributed by atoms with Gasteiger partial charge in [0.05, 0.1) is 0 Å². The van der Waals surface area contributed by atoms with Gasteiger partial charge in [0.1, 0.15) is 0 Å². The summed E-state index contributed by atoms with van der Waals surface area (Å²) in [5.41, 5.74) is 2.73. The maximum Gasteiger partial charge on any atom is 0.0443 e. The minimum Gasteiger partial charge on any atom is -0.0840 e. The molecule has 0 N–H and O–H groups in total. The van der Waals surface area contributed by atoms with E-state index in [1.54, 1.807) is 0 Å². The first-order valence-corrected chi connectivity index (χ1v) is 5.42. The van der Waals surface area contributed by atoms with Crippen molar-refractivity contribution in [3.63, 3.8) is 0 Å². The average Bonchev–Trinajstić information content (AvgIpc) is 2.92. The smallest absolute Gasteiger partial charge is 0.0443 e. The molecule has 0 bridgehead atoms. The standard InChI is InChI=1S/C10H11Cl.C2H6/c1-7-3-2-4-9(11)10(7)8-5-6-8;1-2/h2-4,8H,5-6H2,1H3;1-2H3. The van der Waals surface area contributed by atoms with E-state index in [1.807, 2.05) is 26.0 Å². The van der Waals surface area contributed by atoms with E-state index in [-0.39, 0.29) is 0 Å². The van der Waals surface area contributed by atoms with Crippen molar-refractivity contribution in [2.45, 2.75) is 39.5 Å². The lowest BCUT2D eigenvalue weighted by Crippen LogP contribution is -1.85. The van der Waals surface area contributed by atoms with Crippen LogP contribution in [0.15, 0.2) is 18.2 Å². The first-order chi connectivity index (χ1) is 6.29. The van der Waals surface area contributed by atoms with E-state index in [4.69, 9.17) is 11.6 Å². The Morgan fingerprint density at radius 1 is 1.23 bits per heavy atom. The van der Waals surface area contributed by atoms with Crippen LogP contribution in [-0.2, 0) is 0 Å². The second-order valence-electron chi connectivity index (χ2n) is 3.24. The molecule has 0 amide bonds. The summed E-state index contributed by atoms with van der Waals surface area (Å²) < 4.78 is 0. The molecule has 1 saturated carbocycles. The van der Waals surface area contributed by atoms with E-state index in [2.05, 4.69) is 13.0 Å². The molecular formula is C12H17Cl. The summed E-state index contributed by atoms with van der Waals surface area (Å²) in [6.07, 6.45) is 2.65. The number of halogens is 1. The van der Waals surface area contributed by atoms with Gasteiger partial charge in [-0.2, -0.15) is 0 Å². The zero-order chi connectivity index (χ0) is 9.84. The van der Waals surface area contributed by atoms with Gasteiger partial charge in [-0.05, 0) is 42.9 Å². The summed E-state index contributed by atoms with van der Waals surface area (Å²) in [6.45, 7) is 6.14. The highest BCUT2D eigenvalue weighted by Gasteiger charge is 2.26. The molecule has 0 nitrogen and oxygen atoms in total. The Balaban J connectivity index is 0.000000396. The molecular weight excluding hydrogens is 180 g/mol. The van der Waals surface area contributed by atoms with Crippen molar-refractivity contribution in [3.8, 4) is 0 Å². The van der Waals surface area contributed by atoms with Gasteiger partial charge in [-0.15, -0.1) is 0 Å². The Morgan fingerprint density at radius 2 is 1.85 bits per heavy atom. The second kappa shape index (κ2) is 4.66. The molecule has 2 rings (SSSR count). The fraction of sp³-hybridized carbons (Fsp3) is 0.500. The summed E-state index contributed by atoms with van der Waals surface area (Å²) in [6, 6.07) is 6.14. The molecule has 0 aliphatic heterocycles. The van der Waals surface area contributed by atoms with Gasteiger partial charge in [0, 0.05) is 5.02 Å². The van der Waals surface area contributed by atoms with Gasteiger partial charge >= 0.3 is 0 Å². The third kappa shape index (κ3) is 2.47.